The summed E-state index contributed by atoms with van der Waals surface area (Å²) < 4.78 is 0. The highest BCUT2D eigenvalue weighted by Crippen LogP contribution is 2.22. The zero-order valence-electron chi connectivity index (χ0n) is 9.04. The molecule has 0 aliphatic carbocycles. The van der Waals surface area contributed by atoms with E-state index in [4.69, 9.17) is 5.11 Å². The van der Waals surface area contributed by atoms with E-state index in [-0.39, 0.29) is 12.3 Å². The lowest BCUT2D eigenvalue weighted by Gasteiger charge is -2.32. The standard InChI is InChI=1S/C11H15N3O2/c15-11(16)6-9-2-1-5-14(7-9)10-3-4-12-8-13-10/h3-4,8-9H,1-2,5-7H2,(H,15,16). The maximum Gasteiger partial charge on any atom is 0.303 e. The average molecular weight is 221 g/mol. The van der Waals surface area contributed by atoms with E-state index >= 15 is 0 Å². The number of carboxylic acid groups (broad SMARTS) is 1. The molecule has 86 valence electrons. The van der Waals surface area contributed by atoms with Gasteiger partial charge in [0.2, 0.25) is 0 Å². The van der Waals surface area contributed by atoms with Gasteiger partial charge in [0, 0.05) is 25.7 Å². The summed E-state index contributed by atoms with van der Waals surface area (Å²) in [6, 6.07) is 1.86. The van der Waals surface area contributed by atoms with Crippen LogP contribution in [0.2, 0.25) is 0 Å². The number of piperidine rings is 1. The zero-order chi connectivity index (χ0) is 11.4. The summed E-state index contributed by atoms with van der Waals surface area (Å²) in [6.45, 7) is 1.73. The van der Waals surface area contributed by atoms with Crippen molar-refractivity contribution < 1.29 is 9.90 Å². The van der Waals surface area contributed by atoms with Crippen LogP contribution in [-0.4, -0.2) is 34.1 Å². The molecule has 0 aromatic carbocycles. The molecule has 1 unspecified atom stereocenters. The second kappa shape index (κ2) is 4.92. The Morgan fingerprint density at radius 2 is 2.50 bits per heavy atom. The first-order valence-corrected chi connectivity index (χ1v) is 5.48. The number of aromatic nitrogens is 2. The first-order chi connectivity index (χ1) is 7.75. The van der Waals surface area contributed by atoms with Gasteiger partial charge in [-0.05, 0) is 24.8 Å². The third-order valence-electron chi connectivity index (χ3n) is 2.87. The molecule has 0 spiro atoms. The maximum atomic E-state index is 10.7. The number of hydrogen-bond acceptors (Lipinski definition) is 4. The molecule has 0 radical (unpaired) electrons. The van der Waals surface area contributed by atoms with Crippen LogP contribution in [0, 0.1) is 5.92 Å². The first kappa shape index (κ1) is 10.9. The molecule has 2 heterocycles. The van der Waals surface area contributed by atoms with Gasteiger partial charge in [-0.2, -0.15) is 0 Å². The number of anilines is 1. The van der Waals surface area contributed by atoms with E-state index in [1.54, 1.807) is 6.20 Å². The highest BCUT2D eigenvalue weighted by Gasteiger charge is 2.22. The number of nitrogens with zero attached hydrogens (tertiary/aromatic N) is 3. The molecule has 5 heteroatoms. The molecule has 1 aromatic rings. The largest absolute Gasteiger partial charge is 0.481 e. The fourth-order valence-electron chi connectivity index (χ4n) is 2.16. The Kier molecular flexibility index (Phi) is 3.34. The van der Waals surface area contributed by atoms with E-state index in [0.29, 0.717) is 0 Å². The van der Waals surface area contributed by atoms with Gasteiger partial charge in [0.1, 0.15) is 12.1 Å². The van der Waals surface area contributed by atoms with Gasteiger partial charge < -0.3 is 10.0 Å². The molecule has 1 aromatic heterocycles. The number of carboxylic acids is 1. The molecule has 1 aliphatic heterocycles. The maximum absolute atomic E-state index is 10.7. The second-order valence-corrected chi connectivity index (χ2v) is 4.12. The van der Waals surface area contributed by atoms with E-state index in [2.05, 4.69) is 14.9 Å². The minimum Gasteiger partial charge on any atom is -0.481 e. The SMILES string of the molecule is O=C(O)CC1CCCN(c2ccncn2)C1. The average Bonchev–Trinajstić information content (AvgIpc) is 2.30. The fraction of sp³-hybridized carbons (Fsp3) is 0.545. The minimum absolute atomic E-state index is 0.237. The van der Waals surface area contributed by atoms with Crippen molar-refractivity contribution in [2.75, 3.05) is 18.0 Å². The van der Waals surface area contributed by atoms with Crippen molar-refractivity contribution in [2.45, 2.75) is 19.3 Å². The molecule has 0 amide bonds. The third-order valence-corrected chi connectivity index (χ3v) is 2.87. The van der Waals surface area contributed by atoms with Crippen molar-refractivity contribution in [1.82, 2.24) is 9.97 Å². The molecule has 0 saturated carbocycles. The topological polar surface area (TPSA) is 66.3 Å². The van der Waals surface area contributed by atoms with Crippen LogP contribution < -0.4 is 4.90 Å². The second-order valence-electron chi connectivity index (χ2n) is 4.12. The fourth-order valence-corrected chi connectivity index (χ4v) is 2.16. The van der Waals surface area contributed by atoms with Crippen molar-refractivity contribution >= 4 is 11.8 Å². The summed E-state index contributed by atoms with van der Waals surface area (Å²) in [5, 5.41) is 8.78. The van der Waals surface area contributed by atoms with E-state index in [1.807, 2.05) is 6.07 Å². The van der Waals surface area contributed by atoms with E-state index in [1.165, 1.54) is 6.33 Å². The van der Waals surface area contributed by atoms with Crippen LogP contribution in [0.15, 0.2) is 18.6 Å². The number of rotatable bonds is 3. The monoisotopic (exact) mass is 221 g/mol. The van der Waals surface area contributed by atoms with Gasteiger partial charge in [0.05, 0.1) is 0 Å². The quantitative estimate of drug-likeness (QED) is 0.829. The molecule has 1 aliphatic rings. The third kappa shape index (κ3) is 2.68. The van der Waals surface area contributed by atoms with Gasteiger partial charge in [0.25, 0.3) is 0 Å². The van der Waals surface area contributed by atoms with E-state index in [0.717, 1.165) is 31.7 Å². The van der Waals surface area contributed by atoms with Crippen LogP contribution in [-0.2, 0) is 4.79 Å². The Bertz CT molecular complexity index is 356. The van der Waals surface area contributed by atoms with Gasteiger partial charge in [-0.3, -0.25) is 4.79 Å². The van der Waals surface area contributed by atoms with Crippen LogP contribution in [0.3, 0.4) is 0 Å². The van der Waals surface area contributed by atoms with Crippen LogP contribution in [0.4, 0.5) is 5.82 Å². The van der Waals surface area contributed by atoms with E-state index < -0.39 is 5.97 Å². The molecule has 1 N–H and O–H groups in total. The van der Waals surface area contributed by atoms with Crippen molar-refractivity contribution in [1.29, 1.82) is 0 Å². The normalized spacial score (nSPS) is 20.8. The molecule has 1 fully saturated rings. The van der Waals surface area contributed by atoms with Gasteiger partial charge in [-0.1, -0.05) is 0 Å². The number of aliphatic carboxylic acids is 1. The lowest BCUT2D eigenvalue weighted by Crippen LogP contribution is -2.36. The van der Waals surface area contributed by atoms with Gasteiger partial charge >= 0.3 is 5.97 Å². The predicted octanol–water partition coefficient (Wildman–Crippen LogP) is 1.17. The lowest BCUT2D eigenvalue weighted by molar-refractivity contribution is -0.138. The summed E-state index contributed by atoms with van der Waals surface area (Å²) in [5.41, 5.74) is 0. The Balaban J connectivity index is 1.99. The lowest BCUT2D eigenvalue weighted by atomic mass is 9.95. The highest BCUT2D eigenvalue weighted by atomic mass is 16.4. The van der Waals surface area contributed by atoms with Crippen LogP contribution >= 0.6 is 0 Å². The van der Waals surface area contributed by atoms with E-state index in [9.17, 15) is 4.79 Å². The van der Waals surface area contributed by atoms with Crippen LogP contribution in [0.5, 0.6) is 0 Å². The van der Waals surface area contributed by atoms with Crippen molar-refractivity contribution in [3.8, 4) is 0 Å². The molecule has 0 bridgehead atoms. The summed E-state index contributed by atoms with van der Waals surface area (Å²) in [5.74, 6) is 0.417. The smallest absolute Gasteiger partial charge is 0.303 e. The molecule has 16 heavy (non-hydrogen) atoms. The summed E-state index contributed by atoms with van der Waals surface area (Å²) in [6.07, 6.45) is 5.51. The van der Waals surface area contributed by atoms with Crippen LogP contribution in [0.25, 0.3) is 0 Å². The number of hydrogen-bond donors (Lipinski definition) is 1. The first-order valence-electron chi connectivity index (χ1n) is 5.48. The Hall–Kier alpha value is -1.65. The van der Waals surface area contributed by atoms with Gasteiger partial charge in [0.15, 0.2) is 0 Å². The summed E-state index contributed by atoms with van der Waals surface area (Å²) in [7, 11) is 0. The van der Waals surface area contributed by atoms with Crippen molar-refractivity contribution in [2.24, 2.45) is 5.92 Å². The van der Waals surface area contributed by atoms with Gasteiger partial charge in [-0.25, -0.2) is 9.97 Å². The molecule has 2 rings (SSSR count). The minimum atomic E-state index is -0.713. The summed E-state index contributed by atoms with van der Waals surface area (Å²) >= 11 is 0. The van der Waals surface area contributed by atoms with Gasteiger partial charge in [-0.15, -0.1) is 0 Å². The van der Waals surface area contributed by atoms with Crippen molar-refractivity contribution in [3.63, 3.8) is 0 Å². The highest BCUT2D eigenvalue weighted by molar-refractivity contribution is 5.67. The van der Waals surface area contributed by atoms with Crippen molar-refractivity contribution in [3.05, 3.63) is 18.6 Å². The molecule has 1 atom stereocenters. The summed E-state index contributed by atoms with van der Waals surface area (Å²) in [4.78, 5) is 20.9. The number of carbonyl (C=O) groups is 1. The van der Waals surface area contributed by atoms with Crippen LogP contribution in [0.1, 0.15) is 19.3 Å². The molecule has 1 saturated heterocycles. The Morgan fingerprint density at radius 3 is 3.19 bits per heavy atom. The Labute approximate surface area is 94.1 Å². The Morgan fingerprint density at radius 1 is 1.62 bits per heavy atom. The predicted molar refractivity (Wildman–Crippen MR) is 59.2 cm³/mol. The molecular weight excluding hydrogens is 206 g/mol. The zero-order valence-corrected chi connectivity index (χ0v) is 9.04. The molecule has 5 nitrogen and oxygen atoms in total. The molecular formula is C11H15N3O2.